The predicted molar refractivity (Wildman–Crippen MR) is 82.4 cm³/mol. The number of rotatable bonds is 8. The minimum atomic E-state index is -0.0621. The molecule has 21 heavy (non-hydrogen) atoms. The summed E-state index contributed by atoms with van der Waals surface area (Å²) in [5.74, 6) is 0.171. The molecule has 116 valence electrons. The van der Waals surface area contributed by atoms with Gasteiger partial charge in [0.15, 0.2) is 0 Å². The molecule has 5 nitrogen and oxygen atoms in total. The maximum atomic E-state index is 12.6. The Balaban J connectivity index is 1.93. The number of hydrogen-bond donors (Lipinski definition) is 1. The van der Waals surface area contributed by atoms with E-state index in [9.17, 15) is 4.79 Å². The Bertz CT molecular complexity index is 438. The quantitative estimate of drug-likeness (QED) is 0.730. The molecule has 1 unspecified atom stereocenters. The van der Waals surface area contributed by atoms with E-state index in [0.29, 0.717) is 13.2 Å². The highest BCUT2D eigenvalue weighted by atomic mass is 16.5. The fraction of sp³-hybridized carbons (Fsp3) is 0.562. The average Bonchev–Trinajstić information content (AvgIpc) is 2.90. The summed E-state index contributed by atoms with van der Waals surface area (Å²) in [6.45, 7) is 5.30. The lowest BCUT2D eigenvalue weighted by molar-refractivity contribution is -0.121. The predicted octanol–water partition coefficient (Wildman–Crippen LogP) is 1.12. The van der Waals surface area contributed by atoms with E-state index in [1.807, 2.05) is 35.2 Å². The van der Waals surface area contributed by atoms with Crippen LogP contribution in [0.4, 0.5) is 5.69 Å². The van der Waals surface area contributed by atoms with Crippen molar-refractivity contribution >= 4 is 11.6 Å². The first-order valence-electron chi connectivity index (χ1n) is 7.57. The zero-order valence-corrected chi connectivity index (χ0v) is 12.6. The van der Waals surface area contributed by atoms with Gasteiger partial charge in [0.25, 0.3) is 0 Å². The minimum absolute atomic E-state index is 0.0380. The van der Waals surface area contributed by atoms with Crippen LogP contribution in [0.2, 0.25) is 0 Å². The number of ether oxygens (including phenoxy) is 1. The van der Waals surface area contributed by atoms with Gasteiger partial charge in [-0.05, 0) is 25.1 Å². The topological polar surface area (TPSA) is 53.0 Å². The number of hydrogen-bond acceptors (Lipinski definition) is 4. The molecular formula is C16H24N2O3. The molecule has 1 aliphatic heterocycles. The summed E-state index contributed by atoms with van der Waals surface area (Å²) in [6.07, 6.45) is 0.849. The number of anilines is 1. The maximum Gasteiger partial charge on any atom is 0.244 e. The molecule has 1 aromatic carbocycles. The first kappa shape index (κ1) is 15.9. The second-order valence-electron chi connectivity index (χ2n) is 5.09. The summed E-state index contributed by atoms with van der Waals surface area (Å²) >= 11 is 0. The highest BCUT2D eigenvalue weighted by Crippen LogP contribution is 2.23. The lowest BCUT2D eigenvalue weighted by Crippen LogP contribution is -2.43. The van der Waals surface area contributed by atoms with Crippen LogP contribution in [-0.4, -0.2) is 61.4 Å². The van der Waals surface area contributed by atoms with Gasteiger partial charge in [0, 0.05) is 18.8 Å². The maximum absolute atomic E-state index is 12.6. The summed E-state index contributed by atoms with van der Waals surface area (Å²) in [5.41, 5.74) is 0.970. The number of aliphatic hydroxyl groups excluding tert-OH is 1. The number of amides is 1. The Labute approximate surface area is 126 Å². The number of benzene rings is 1. The first-order chi connectivity index (χ1) is 10.3. The van der Waals surface area contributed by atoms with E-state index in [1.54, 1.807) is 0 Å². The third-order valence-electron chi connectivity index (χ3n) is 3.85. The molecule has 0 aliphatic carbocycles. The Hall–Kier alpha value is -1.43. The molecule has 1 saturated heterocycles. The standard InChI is InChI=1S/C16H24N2O3/c1-2-17(10-12-21-13-11-19)15-8-9-18(16(15)20)14-6-4-3-5-7-14/h3-7,15,19H,2,8-13H2,1H3. The van der Waals surface area contributed by atoms with E-state index in [2.05, 4.69) is 11.8 Å². The van der Waals surface area contributed by atoms with Crippen LogP contribution < -0.4 is 4.90 Å². The van der Waals surface area contributed by atoms with Crippen molar-refractivity contribution in [2.75, 3.05) is 44.4 Å². The van der Waals surface area contributed by atoms with Crippen molar-refractivity contribution in [3.8, 4) is 0 Å². The van der Waals surface area contributed by atoms with Crippen LogP contribution in [0, 0.1) is 0 Å². The van der Waals surface area contributed by atoms with E-state index in [1.165, 1.54) is 0 Å². The number of carbonyl (C=O) groups is 1. The largest absolute Gasteiger partial charge is 0.394 e. The smallest absolute Gasteiger partial charge is 0.244 e. The van der Waals surface area contributed by atoms with Gasteiger partial charge in [-0.1, -0.05) is 25.1 Å². The van der Waals surface area contributed by atoms with E-state index >= 15 is 0 Å². The molecule has 1 aromatic rings. The number of nitrogens with zero attached hydrogens (tertiary/aromatic N) is 2. The Kier molecular flexibility index (Phi) is 6.17. The molecule has 5 heteroatoms. The lowest BCUT2D eigenvalue weighted by Gasteiger charge is -2.26. The molecule has 1 heterocycles. The molecule has 1 N–H and O–H groups in total. The van der Waals surface area contributed by atoms with Crippen molar-refractivity contribution < 1.29 is 14.6 Å². The lowest BCUT2D eigenvalue weighted by atomic mass is 10.2. The number of aliphatic hydroxyl groups is 1. The van der Waals surface area contributed by atoms with Crippen molar-refractivity contribution in [1.82, 2.24) is 4.90 Å². The van der Waals surface area contributed by atoms with E-state index < -0.39 is 0 Å². The number of carbonyl (C=O) groups excluding carboxylic acids is 1. The van der Waals surface area contributed by atoms with Gasteiger partial charge in [-0.3, -0.25) is 9.69 Å². The highest BCUT2D eigenvalue weighted by Gasteiger charge is 2.35. The van der Waals surface area contributed by atoms with Crippen LogP contribution in [0.5, 0.6) is 0 Å². The van der Waals surface area contributed by atoms with E-state index in [-0.39, 0.29) is 18.6 Å². The second kappa shape index (κ2) is 8.12. The second-order valence-corrected chi connectivity index (χ2v) is 5.09. The molecule has 0 radical (unpaired) electrons. The SMILES string of the molecule is CCN(CCOCCO)C1CCN(c2ccccc2)C1=O. The van der Waals surface area contributed by atoms with Crippen molar-refractivity contribution in [3.63, 3.8) is 0 Å². The zero-order chi connectivity index (χ0) is 15.1. The summed E-state index contributed by atoms with van der Waals surface area (Å²) in [4.78, 5) is 16.6. The first-order valence-corrected chi connectivity index (χ1v) is 7.57. The molecule has 2 rings (SSSR count). The van der Waals surface area contributed by atoms with Crippen LogP contribution in [-0.2, 0) is 9.53 Å². The normalized spacial score (nSPS) is 18.7. The van der Waals surface area contributed by atoms with Crippen molar-refractivity contribution in [3.05, 3.63) is 30.3 Å². The van der Waals surface area contributed by atoms with Crippen LogP contribution >= 0.6 is 0 Å². The average molecular weight is 292 g/mol. The summed E-state index contributed by atoms with van der Waals surface area (Å²) in [6, 6.07) is 9.75. The fourth-order valence-electron chi connectivity index (χ4n) is 2.75. The molecule has 0 aromatic heterocycles. The number of para-hydroxylation sites is 1. The summed E-state index contributed by atoms with van der Waals surface area (Å²) in [5, 5.41) is 8.70. The van der Waals surface area contributed by atoms with Crippen LogP contribution in [0.3, 0.4) is 0 Å². The van der Waals surface area contributed by atoms with Gasteiger partial charge in [0.2, 0.25) is 5.91 Å². The van der Waals surface area contributed by atoms with Crippen molar-refractivity contribution in [2.45, 2.75) is 19.4 Å². The Morgan fingerprint density at radius 2 is 2.10 bits per heavy atom. The van der Waals surface area contributed by atoms with Crippen LogP contribution in [0.1, 0.15) is 13.3 Å². The monoisotopic (exact) mass is 292 g/mol. The van der Waals surface area contributed by atoms with Crippen molar-refractivity contribution in [1.29, 1.82) is 0 Å². The van der Waals surface area contributed by atoms with Gasteiger partial charge < -0.3 is 14.7 Å². The molecule has 1 aliphatic rings. The Morgan fingerprint density at radius 1 is 1.33 bits per heavy atom. The van der Waals surface area contributed by atoms with Gasteiger partial charge in [0.1, 0.15) is 0 Å². The molecule has 1 atom stereocenters. The van der Waals surface area contributed by atoms with Gasteiger partial charge >= 0.3 is 0 Å². The fourth-order valence-corrected chi connectivity index (χ4v) is 2.75. The molecule has 0 bridgehead atoms. The van der Waals surface area contributed by atoms with E-state index in [0.717, 1.165) is 31.7 Å². The van der Waals surface area contributed by atoms with E-state index in [4.69, 9.17) is 9.84 Å². The van der Waals surface area contributed by atoms with Gasteiger partial charge in [-0.25, -0.2) is 0 Å². The summed E-state index contributed by atoms with van der Waals surface area (Å²) < 4.78 is 5.30. The minimum Gasteiger partial charge on any atom is -0.394 e. The third-order valence-corrected chi connectivity index (χ3v) is 3.85. The van der Waals surface area contributed by atoms with Gasteiger partial charge in [-0.15, -0.1) is 0 Å². The highest BCUT2D eigenvalue weighted by molar-refractivity contribution is 5.99. The molecule has 1 amide bonds. The van der Waals surface area contributed by atoms with Crippen LogP contribution in [0.15, 0.2) is 30.3 Å². The van der Waals surface area contributed by atoms with Crippen LogP contribution in [0.25, 0.3) is 0 Å². The molecule has 0 spiro atoms. The van der Waals surface area contributed by atoms with Gasteiger partial charge in [-0.2, -0.15) is 0 Å². The Morgan fingerprint density at radius 3 is 2.76 bits per heavy atom. The zero-order valence-electron chi connectivity index (χ0n) is 12.6. The molecule has 0 saturated carbocycles. The van der Waals surface area contributed by atoms with Crippen molar-refractivity contribution in [2.24, 2.45) is 0 Å². The summed E-state index contributed by atoms with van der Waals surface area (Å²) in [7, 11) is 0. The number of likely N-dealkylation sites (N-methyl/N-ethyl adjacent to an activating group) is 1. The van der Waals surface area contributed by atoms with Gasteiger partial charge in [0.05, 0.1) is 25.9 Å². The third kappa shape index (κ3) is 4.03. The molecular weight excluding hydrogens is 268 g/mol. The molecule has 1 fully saturated rings.